The largest absolute Gasteiger partial charge is 0.550 e. The number of carboxylic acid groups (broad SMARTS) is 1. The van der Waals surface area contributed by atoms with Crippen molar-refractivity contribution in [2.75, 3.05) is 5.32 Å². The van der Waals surface area contributed by atoms with E-state index < -0.39 is 30.3 Å². The van der Waals surface area contributed by atoms with Crippen molar-refractivity contribution < 1.29 is 28.2 Å². The van der Waals surface area contributed by atoms with E-state index in [2.05, 4.69) is 10.1 Å². The van der Waals surface area contributed by atoms with Crippen molar-refractivity contribution in [2.45, 2.75) is 32.3 Å². The number of nitrogens with one attached hydrogen (secondary N) is 1. The maximum Gasteiger partial charge on any atom is 0.387 e. The molecule has 0 bridgehead atoms. The van der Waals surface area contributed by atoms with Crippen LogP contribution in [0.15, 0.2) is 24.3 Å². The Morgan fingerprint density at radius 3 is 2.45 bits per heavy atom. The van der Waals surface area contributed by atoms with Gasteiger partial charge in [-0.25, -0.2) is 0 Å². The third kappa shape index (κ3) is 3.93. The molecule has 1 fully saturated rings. The molecule has 0 saturated heterocycles. The van der Waals surface area contributed by atoms with Gasteiger partial charge in [-0.2, -0.15) is 8.78 Å². The van der Waals surface area contributed by atoms with Crippen LogP contribution in [0.4, 0.5) is 14.5 Å². The number of carboxylic acids is 1. The van der Waals surface area contributed by atoms with Gasteiger partial charge >= 0.3 is 6.61 Å². The van der Waals surface area contributed by atoms with E-state index in [4.69, 9.17) is 0 Å². The van der Waals surface area contributed by atoms with Gasteiger partial charge < -0.3 is 20.0 Å². The Hall–Kier alpha value is -2.18. The van der Waals surface area contributed by atoms with Gasteiger partial charge in [0.05, 0.1) is 5.69 Å². The smallest absolute Gasteiger partial charge is 0.387 e. The SMILES string of the molecule is O=C([O-])[C@H]1CCCC[C@H]1C(=O)Nc1ccccc1OC(F)F. The lowest BCUT2D eigenvalue weighted by molar-refractivity contribution is -0.313. The predicted molar refractivity (Wildman–Crippen MR) is 72.2 cm³/mol. The quantitative estimate of drug-likeness (QED) is 0.899. The number of ether oxygens (including phenoxy) is 1. The van der Waals surface area contributed by atoms with Crippen LogP contribution in [0.2, 0.25) is 0 Å². The molecule has 2 atom stereocenters. The van der Waals surface area contributed by atoms with Crippen molar-refractivity contribution in [1.82, 2.24) is 0 Å². The van der Waals surface area contributed by atoms with E-state index in [9.17, 15) is 23.5 Å². The molecule has 1 aliphatic rings. The Balaban J connectivity index is 2.12. The number of rotatable bonds is 5. The summed E-state index contributed by atoms with van der Waals surface area (Å²) >= 11 is 0. The lowest BCUT2D eigenvalue weighted by Gasteiger charge is -2.31. The Kier molecular flexibility index (Phi) is 5.30. The molecule has 1 aliphatic carbocycles. The van der Waals surface area contributed by atoms with Gasteiger partial charge in [-0.05, 0) is 25.0 Å². The van der Waals surface area contributed by atoms with Gasteiger partial charge in [0.25, 0.3) is 0 Å². The van der Waals surface area contributed by atoms with Crippen molar-refractivity contribution in [3.05, 3.63) is 24.3 Å². The number of hydrogen-bond acceptors (Lipinski definition) is 4. The highest BCUT2D eigenvalue weighted by Gasteiger charge is 2.32. The molecule has 5 nitrogen and oxygen atoms in total. The minimum absolute atomic E-state index is 0.0930. The van der Waals surface area contributed by atoms with E-state index in [-0.39, 0.29) is 11.4 Å². The topological polar surface area (TPSA) is 78.5 Å². The minimum Gasteiger partial charge on any atom is -0.550 e. The molecule has 0 aromatic heterocycles. The maximum atomic E-state index is 12.3. The number of para-hydroxylation sites is 2. The average molecular weight is 312 g/mol. The number of alkyl halides is 2. The molecule has 1 aromatic rings. The lowest BCUT2D eigenvalue weighted by atomic mass is 9.78. The summed E-state index contributed by atoms with van der Waals surface area (Å²) < 4.78 is 29.0. The second-order valence-corrected chi connectivity index (χ2v) is 5.18. The molecule has 0 unspecified atom stereocenters. The molecule has 1 amide bonds. The van der Waals surface area contributed by atoms with Gasteiger partial charge in [-0.3, -0.25) is 4.79 Å². The zero-order chi connectivity index (χ0) is 16.1. The molecule has 7 heteroatoms. The zero-order valence-electron chi connectivity index (χ0n) is 11.8. The summed E-state index contributed by atoms with van der Waals surface area (Å²) in [6.07, 6.45) is 2.29. The Bertz CT molecular complexity index is 550. The van der Waals surface area contributed by atoms with Crippen LogP contribution < -0.4 is 15.2 Å². The fraction of sp³-hybridized carbons (Fsp3) is 0.467. The standard InChI is InChI=1S/C15H17F2NO4/c16-15(17)22-12-8-4-3-7-11(12)18-13(19)9-5-1-2-6-10(9)14(20)21/h3-4,7-10,15H,1-2,5-6H2,(H,18,19)(H,20,21)/p-1/t9-,10+/m1/s1. The fourth-order valence-corrected chi connectivity index (χ4v) is 2.72. The third-order valence-electron chi connectivity index (χ3n) is 3.77. The summed E-state index contributed by atoms with van der Waals surface area (Å²) in [4.78, 5) is 23.4. The highest BCUT2D eigenvalue weighted by atomic mass is 19.3. The number of carbonyl (C=O) groups excluding carboxylic acids is 2. The summed E-state index contributed by atoms with van der Waals surface area (Å²) in [6.45, 7) is -3.01. The van der Waals surface area contributed by atoms with Gasteiger partial charge in [0.1, 0.15) is 5.75 Å². The van der Waals surface area contributed by atoms with E-state index in [1.54, 1.807) is 6.07 Å². The van der Waals surface area contributed by atoms with Crippen molar-refractivity contribution in [3.63, 3.8) is 0 Å². The number of aliphatic carboxylic acids is 1. The number of benzene rings is 1. The molecule has 1 N–H and O–H groups in total. The molecule has 0 aliphatic heterocycles. The normalized spacial score (nSPS) is 21.4. The molecule has 0 radical (unpaired) electrons. The van der Waals surface area contributed by atoms with Crippen LogP contribution in [0.25, 0.3) is 0 Å². The molecule has 120 valence electrons. The molecule has 1 saturated carbocycles. The van der Waals surface area contributed by atoms with Gasteiger partial charge in [0, 0.05) is 17.8 Å². The third-order valence-corrected chi connectivity index (χ3v) is 3.77. The Morgan fingerprint density at radius 1 is 1.18 bits per heavy atom. The number of carbonyl (C=O) groups is 2. The summed E-state index contributed by atoms with van der Waals surface area (Å²) in [6, 6.07) is 5.79. The van der Waals surface area contributed by atoms with Crippen molar-refractivity contribution in [2.24, 2.45) is 11.8 Å². The van der Waals surface area contributed by atoms with E-state index in [1.807, 2.05) is 0 Å². The van der Waals surface area contributed by atoms with E-state index in [0.717, 1.165) is 12.8 Å². The van der Waals surface area contributed by atoms with Crippen molar-refractivity contribution >= 4 is 17.6 Å². The van der Waals surface area contributed by atoms with Gasteiger partial charge in [-0.15, -0.1) is 0 Å². The van der Waals surface area contributed by atoms with Crippen LogP contribution in [0.1, 0.15) is 25.7 Å². The first kappa shape index (κ1) is 16.2. The van der Waals surface area contributed by atoms with E-state index in [0.29, 0.717) is 12.8 Å². The molecule has 1 aromatic carbocycles. The molecule has 22 heavy (non-hydrogen) atoms. The number of amides is 1. The average Bonchev–Trinajstić information content (AvgIpc) is 2.48. The van der Waals surface area contributed by atoms with Gasteiger partial charge in [-0.1, -0.05) is 25.0 Å². The van der Waals surface area contributed by atoms with E-state index in [1.165, 1.54) is 18.2 Å². The van der Waals surface area contributed by atoms with Gasteiger partial charge in [0.2, 0.25) is 5.91 Å². The van der Waals surface area contributed by atoms with Crippen LogP contribution in [0, 0.1) is 11.8 Å². The van der Waals surface area contributed by atoms with Crippen LogP contribution >= 0.6 is 0 Å². The second-order valence-electron chi connectivity index (χ2n) is 5.18. The zero-order valence-corrected chi connectivity index (χ0v) is 11.8. The van der Waals surface area contributed by atoms with E-state index >= 15 is 0 Å². The Morgan fingerprint density at radius 2 is 1.82 bits per heavy atom. The van der Waals surface area contributed by atoms with Crippen LogP contribution in [0.3, 0.4) is 0 Å². The molecular formula is C15H16F2NO4-. The predicted octanol–water partition coefficient (Wildman–Crippen LogP) is 1.78. The molecular weight excluding hydrogens is 296 g/mol. The second kappa shape index (κ2) is 7.20. The van der Waals surface area contributed by atoms with Crippen LogP contribution in [-0.2, 0) is 9.59 Å². The molecule has 2 rings (SSSR count). The first-order valence-electron chi connectivity index (χ1n) is 7.04. The summed E-state index contributed by atoms with van der Waals surface area (Å²) in [5, 5.41) is 13.6. The van der Waals surface area contributed by atoms with Crippen LogP contribution in [-0.4, -0.2) is 18.5 Å². The highest BCUT2D eigenvalue weighted by molar-refractivity contribution is 5.96. The first-order valence-corrected chi connectivity index (χ1v) is 7.04. The van der Waals surface area contributed by atoms with Gasteiger partial charge in [0.15, 0.2) is 0 Å². The molecule has 0 heterocycles. The maximum absolute atomic E-state index is 12.3. The van der Waals surface area contributed by atoms with Crippen molar-refractivity contribution in [1.29, 1.82) is 0 Å². The fourth-order valence-electron chi connectivity index (χ4n) is 2.72. The monoisotopic (exact) mass is 312 g/mol. The highest BCUT2D eigenvalue weighted by Crippen LogP contribution is 2.32. The minimum atomic E-state index is -3.01. The molecule has 0 spiro atoms. The number of halogens is 2. The summed E-state index contributed by atoms with van der Waals surface area (Å²) in [5.41, 5.74) is 0.0930. The number of hydrogen-bond donors (Lipinski definition) is 1. The number of anilines is 1. The first-order chi connectivity index (χ1) is 10.5. The van der Waals surface area contributed by atoms with Crippen molar-refractivity contribution in [3.8, 4) is 5.75 Å². The lowest BCUT2D eigenvalue weighted by Crippen LogP contribution is -2.42. The Labute approximate surface area is 126 Å². The van der Waals surface area contributed by atoms with Crippen LogP contribution in [0.5, 0.6) is 5.75 Å². The summed E-state index contributed by atoms with van der Waals surface area (Å²) in [5.74, 6) is -3.50. The summed E-state index contributed by atoms with van der Waals surface area (Å²) in [7, 11) is 0.